The number of nitrogens with zero attached hydrogens (tertiary/aromatic N) is 1. The molecule has 0 unspecified atom stereocenters. The van der Waals surface area contributed by atoms with Gasteiger partial charge in [0.1, 0.15) is 6.04 Å². The highest BCUT2D eigenvalue weighted by Crippen LogP contribution is 2.35. The molecule has 2 aliphatic heterocycles. The first-order valence-electron chi connectivity index (χ1n) is 5.03. The number of carboxylic acids is 1. The number of hydrogen-bond acceptors (Lipinski definition) is 4. The first kappa shape index (κ1) is 10.8. The van der Waals surface area contributed by atoms with Crippen molar-refractivity contribution < 1.29 is 14.7 Å². The van der Waals surface area contributed by atoms with Crippen LogP contribution in [0.15, 0.2) is 0 Å². The molecular formula is C9H14N2O3S. The van der Waals surface area contributed by atoms with Crippen LogP contribution in [0.3, 0.4) is 0 Å². The van der Waals surface area contributed by atoms with Crippen molar-refractivity contribution in [1.29, 1.82) is 0 Å². The summed E-state index contributed by atoms with van der Waals surface area (Å²) in [6, 6.07) is -1.20. The van der Waals surface area contributed by atoms with Gasteiger partial charge in [0, 0.05) is 5.75 Å². The van der Waals surface area contributed by atoms with E-state index in [2.05, 4.69) is 0 Å². The Hall–Kier alpha value is -0.750. The SMILES string of the molecule is N[C@H]1CCC[C@@H]2SC[C@@H](C(=O)O)N2C1=O. The smallest absolute Gasteiger partial charge is 0.327 e. The molecule has 84 valence electrons. The summed E-state index contributed by atoms with van der Waals surface area (Å²) < 4.78 is 0. The van der Waals surface area contributed by atoms with E-state index in [0.29, 0.717) is 12.2 Å². The van der Waals surface area contributed by atoms with E-state index in [9.17, 15) is 9.59 Å². The van der Waals surface area contributed by atoms with Gasteiger partial charge in [-0.15, -0.1) is 11.8 Å². The van der Waals surface area contributed by atoms with Crippen LogP contribution in [0.5, 0.6) is 0 Å². The number of carboxylic acid groups (broad SMARTS) is 1. The molecule has 15 heavy (non-hydrogen) atoms. The van der Waals surface area contributed by atoms with Crippen LogP contribution < -0.4 is 5.73 Å². The van der Waals surface area contributed by atoms with Gasteiger partial charge in [-0.25, -0.2) is 4.79 Å². The van der Waals surface area contributed by atoms with Crippen LogP contribution in [0.1, 0.15) is 19.3 Å². The monoisotopic (exact) mass is 230 g/mol. The van der Waals surface area contributed by atoms with Gasteiger partial charge < -0.3 is 15.7 Å². The van der Waals surface area contributed by atoms with Gasteiger partial charge in [0.05, 0.1) is 11.4 Å². The van der Waals surface area contributed by atoms with Crippen molar-refractivity contribution in [2.45, 2.75) is 36.7 Å². The lowest BCUT2D eigenvalue weighted by Gasteiger charge is -2.26. The van der Waals surface area contributed by atoms with Crippen LogP contribution in [0.4, 0.5) is 0 Å². The summed E-state index contributed by atoms with van der Waals surface area (Å²) in [6.45, 7) is 0. The van der Waals surface area contributed by atoms with Crippen molar-refractivity contribution in [3.63, 3.8) is 0 Å². The quantitative estimate of drug-likeness (QED) is 0.654. The molecule has 2 heterocycles. The van der Waals surface area contributed by atoms with Crippen LogP contribution in [0.2, 0.25) is 0 Å². The second-order valence-electron chi connectivity index (χ2n) is 3.92. The fourth-order valence-corrected chi connectivity index (χ4v) is 3.55. The summed E-state index contributed by atoms with van der Waals surface area (Å²) in [7, 11) is 0. The molecule has 0 aromatic carbocycles. The van der Waals surface area contributed by atoms with Crippen LogP contribution >= 0.6 is 11.8 Å². The van der Waals surface area contributed by atoms with Gasteiger partial charge in [-0.2, -0.15) is 0 Å². The summed E-state index contributed by atoms with van der Waals surface area (Å²) in [5.74, 6) is -0.638. The van der Waals surface area contributed by atoms with Crippen molar-refractivity contribution in [1.82, 2.24) is 4.90 Å². The molecule has 5 nitrogen and oxygen atoms in total. The summed E-state index contributed by atoms with van der Waals surface area (Å²) >= 11 is 1.55. The van der Waals surface area contributed by atoms with Gasteiger partial charge in [-0.05, 0) is 19.3 Å². The summed E-state index contributed by atoms with van der Waals surface area (Å²) in [6.07, 6.45) is 2.42. The van der Waals surface area contributed by atoms with Crippen molar-refractivity contribution in [3.05, 3.63) is 0 Å². The highest BCUT2D eigenvalue weighted by atomic mass is 32.2. The van der Waals surface area contributed by atoms with E-state index in [1.54, 1.807) is 11.8 Å². The number of rotatable bonds is 1. The number of aliphatic carboxylic acids is 1. The molecule has 3 N–H and O–H groups in total. The fraction of sp³-hybridized carbons (Fsp3) is 0.778. The minimum atomic E-state index is -0.924. The van der Waals surface area contributed by atoms with Gasteiger partial charge in [0.15, 0.2) is 0 Å². The van der Waals surface area contributed by atoms with Crippen molar-refractivity contribution in [2.75, 3.05) is 5.75 Å². The topological polar surface area (TPSA) is 83.6 Å². The first-order valence-corrected chi connectivity index (χ1v) is 6.08. The molecule has 1 amide bonds. The first-order chi connectivity index (χ1) is 7.11. The number of thioether (sulfide) groups is 1. The van der Waals surface area contributed by atoms with Gasteiger partial charge in [-0.1, -0.05) is 0 Å². The average molecular weight is 230 g/mol. The zero-order valence-electron chi connectivity index (χ0n) is 8.26. The summed E-state index contributed by atoms with van der Waals surface area (Å²) in [5.41, 5.74) is 5.70. The maximum absolute atomic E-state index is 11.9. The van der Waals surface area contributed by atoms with Gasteiger partial charge >= 0.3 is 5.97 Å². The van der Waals surface area contributed by atoms with E-state index in [1.165, 1.54) is 4.90 Å². The molecule has 0 radical (unpaired) electrons. The largest absolute Gasteiger partial charge is 0.480 e. The Labute approximate surface area is 92.0 Å². The fourth-order valence-electron chi connectivity index (χ4n) is 2.10. The second kappa shape index (κ2) is 4.02. The predicted octanol–water partition coefficient (Wildman–Crippen LogP) is -0.148. The maximum Gasteiger partial charge on any atom is 0.327 e. The van der Waals surface area contributed by atoms with Crippen LogP contribution in [-0.2, 0) is 9.59 Å². The Balaban J connectivity index is 2.23. The zero-order valence-corrected chi connectivity index (χ0v) is 9.07. The van der Waals surface area contributed by atoms with Crippen molar-refractivity contribution in [2.24, 2.45) is 5.73 Å². The Morgan fingerprint density at radius 1 is 1.53 bits per heavy atom. The molecule has 2 fully saturated rings. The van der Waals surface area contributed by atoms with Crippen LogP contribution in [-0.4, -0.2) is 45.1 Å². The molecule has 0 aliphatic carbocycles. The van der Waals surface area contributed by atoms with E-state index in [0.717, 1.165) is 12.8 Å². The lowest BCUT2D eigenvalue weighted by molar-refractivity contribution is -0.149. The third kappa shape index (κ3) is 1.83. The van der Waals surface area contributed by atoms with E-state index in [4.69, 9.17) is 10.8 Å². The van der Waals surface area contributed by atoms with Crippen molar-refractivity contribution in [3.8, 4) is 0 Å². The molecular weight excluding hydrogens is 216 g/mol. The Morgan fingerprint density at radius 3 is 2.93 bits per heavy atom. The van der Waals surface area contributed by atoms with E-state index >= 15 is 0 Å². The zero-order chi connectivity index (χ0) is 11.0. The molecule has 0 aromatic heterocycles. The number of carbonyl (C=O) groups is 2. The molecule has 2 aliphatic rings. The summed E-state index contributed by atoms with van der Waals surface area (Å²) in [5, 5.41) is 9.02. The lowest BCUT2D eigenvalue weighted by atomic mass is 10.1. The minimum Gasteiger partial charge on any atom is -0.480 e. The number of amides is 1. The van der Waals surface area contributed by atoms with E-state index < -0.39 is 18.1 Å². The molecule has 6 heteroatoms. The van der Waals surface area contributed by atoms with Gasteiger partial charge in [-0.3, -0.25) is 4.79 Å². The van der Waals surface area contributed by atoms with Crippen LogP contribution in [0.25, 0.3) is 0 Å². The molecule has 3 atom stereocenters. The minimum absolute atomic E-state index is 0.0205. The lowest BCUT2D eigenvalue weighted by Crippen LogP contribution is -2.50. The number of nitrogens with two attached hydrogens (primary N) is 1. The van der Waals surface area contributed by atoms with E-state index in [1.807, 2.05) is 0 Å². The van der Waals surface area contributed by atoms with Crippen molar-refractivity contribution >= 4 is 23.6 Å². The van der Waals surface area contributed by atoms with Gasteiger partial charge in [0.2, 0.25) is 5.91 Å². The number of hydrogen-bond donors (Lipinski definition) is 2. The molecule has 0 spiro atoms. The molecule has 0 saturated carbocycles. The summed E-state index contributed by atoms with van der Waals surface area (Å²) in [4.78, 5) is 24.3. The molecule has 0 bridgehead atoms. The standard InChI is InChI=1S/C9H14N2O3S/c10-5-2-1-3-7-11(8(5)12)6(4-15-7)9(13)14/h5-7H,1-4,10H2,(H,13,14)/t5-,6-,7-/m0/s1. The normalized spacial score (nSPS) is 36.2. The molecule has 0 aromatic rings. The average Bonchev–Trinajstić information content (AvgIpc) is 2.55. The highest BCUT2D eigenvalue weighted by Gasteiger charge is 2.44. The molecule has 2 rings (SSSR count). The number of carbonyl (C=O) groups excluding carboxylic acids is 1. The molecule has 2 saturated heterocycles. The number of fused-ring (bicyclic) bond motifs is 1. The van der Waals surface area contributed by atoms with Crippen LogP contribution in [0, 0.1) is 0 Å². The predicted molar refractivity (Wildman–Crippen MR) is 56.3 cm³/mol. The Morgan fingerprint density at radius 2 is 2.27 bits per heavy atom. The van der Waals surface area contributed by atoms with E-state index in [-0.39, 0.29) is 11.3 Å². The Kier molecular flexibility index (Phi) is 2.88. The van der Waals surface area contributed by atoms with Gasteiger partial charge in [0.25, 0.3) is 0 Å². The Bertz CT molecular complexity index is 297. The third-order valence-corrected chi connectivity index (χ3v) is 4.27. The second-order valence-corrected chi connectivity index (χ2v) is 5.14. The maximum atomic E-state index is 11.9. The third-order valence-electron chi connectivity index (χ3n) is 2.92. The highest BCUT2D eigenvalue weighted by molar-refractivity contribution is 8.00.